The smallest absolute Gasteiger partial charge is 0.416 e. The van der Waals surface area contributed by atoms with Gasteiger partial charge >= 0.3 is 6.18 Å². The Morgan fingerprint density at radius 3 is 2.38 bits per heavy atom. The van der Waals surface area contributed by atoms with Gasteiger partial charge in [-0.1, -0.05) is 48.2 Å². The molecule has 0 bridgehead atoms. The summed E-state index contributed by atoms with van der Waals surface area (Å²) in [5.74, 6) is 0.156. The molecule has 1 aliphatic heterocycles. The zero-order valence-electron chi connectivity index (χ0n) is 13.4. The minimum Gasteiger partial charge on any atom is -0.495 e. The number of ether oxygens (including phenoxy) is 1. The van der Waals surface area contributed by atoms with E-state index in [2.05, 4.69) is 0 Å². The summed E-state index contributed by atoms with van der Waals surface area (Å²) in [5.41, 5.74) is 0.267. The first kappa shape index (κ1) is 18.5. The number of para-hydroxylation sites is 2. The zero-order chi connectivity index (χ0) is 18.9. The summed E-state index contributed by atoms with van der Waals surface area (Å²) < 4.78 is 43.5. The number of thiocarbonyl (C=S) groups is 1. The van der Waals surface area contributed by atoms with Crippen molar-refractivity contribution in [3.05, 3.63) is 64.6 Å². The average Bonchev–Trinajstić information content (AvgIpc) is 2.88. The summed E-state index contributed by atoms with van der Waals surface area (Å²) in [6, 6.07) is 11.6. The van der Waals surface area contributed by atoms with E-state index in [1.165, 1.54) is 30.2 Å². The molecule has 3 rings (SSSR count). The highest BCUT2D eigenvalue weighted by Crippen LogP contribution is 2.39. The molecule has 0 saturated carbocycles. The normalized spacial score (nSPS) is 16.5. The van der Waals surface area contributed by atoms with Gasteiger partial charge in [-0.25, -0.2) is 0 Å². The number of halogens is 3. The van der Waals surface area contributed by atoms with E-state index in [-0.39, 0.29) is 5.91 Å². The van der Waals surface area contributed by atoms with E-state index in [0.29, 0.717) is 26.2 Å². The number of nitrogens with zero attached hydrogens (tertiary/aromatic N) is 1. The summed E-state index contributed by atoms with van der Waals surface area (Å²) in [7, 11) is 1.49. The van der Waals surface area contributed by atoms with Crippen molar-refractivity contribution in [2.24, 2.45) is 0 Å². The van der Waals surface area contributed by atoms with Gasteiger partial charge in [0.05, 0.1) is 23.3 Å². The fourth-order valence-electron chi connectivity index (χ4n) is 2.41. The number of benzene rings is 2. The molecule has 1 fully saturated rings. The molecular weight excluding hydrogens is 383 g/mol. The highest BCUT2D eigenvalue weighted by molar-refractivity contribution is 8.27. The van der Waals surface area contributed by atoms with E-state index in [4.69, 9.17) is 17.0 Å². The second-order valence-electron chi connectivity index (χ2n) is 5.31. The molecular formula is C18H12F3NO2S2. The minimum atomic E-state index is -4.40. The largest absolute Gasteiger partial charge is 0.495 e. The SMILES string of the molecule is COc1ccccc1N1C(=O)/C(=C\c2ccc(C(F)(F)F)cc2)SC1=S. The van der Waals surface area contributed by atoms with Gasteiger partial charge in [-0.3, -0.25) is 9.69 Å². The number of thioether (sulfide) groups is 1. The van der Waals surface area contributed by atoms with Crippen molar-refractivity contribution in [3.8, 4) is 5.75 Å². The lowest BCUT2D eigenvalue weighted by Crippen LogP contribution is -2.27. The predicted octanol–water partition coefficient (Wildman–Crippen LogP) is 5.12. The van der Waals surface area contributed by atoms with Gasteiger partial charge in [-0.15, -0.1) is 0 Å². The summed E-state index contributed by atoms with van der Waals surface area (Å²) in [6.07, 6.45) is -2.87. The number of carbonyl (C=O) groups excluding carboxylic acids is 1. The van der Waals surface area contributed by atoms with E-state index in [0.717, 1.165) is 23.9 Å². The molecule has 8 heteroatoms. The maximum absolute atomic E-state index is 12.7. The maximum atomic E-state index is 12.7. The van der Waals surface area contributed by atoms with Gasteiger partial charge in [-0.2, -0.15) is 13.2 Å². The second kappa shape index (κ2) is 7.13. The number of amides is 1. The van der Waals surface area contributed by atoms with Crippen LogP contribution in [0, 0.1) is 0 Å². The Balaban J connectivity index is 1.90. The Morgan fingerprint density at radius 1 is 1.12 bits per heavy atom. The van der Waals surface area contributed by atoms with Crippen LogP contribution in [0.15, 0.2) is 53.4 Å². The molecule has 1 saturated heterocycles. The molecule has 1 aliphatic rings. The Kier molecular flexibility index (Phi) is 5.06. The van der Waals surface area contributed by atoms with Crippen molar-refractivity contribution >= 4 is 46.0 Å². The number of carbonyl (C=O) groups is 1. The third-order valence-electron chi connectivity index (χ3n) is 3.66. The van der Waals surface area contributed by atoms with Crippen LogP contribution in [0.4, 0.5) is 18.9 Å². The molecule has 0 aliphatic carbocycles. The van der Waals surface area contributed by atoms with Crippen molar-refractivity contribution in [2.75, 3.05) is 12.0 Å². The average molecular weight is 395 g/mol. The molecule has 0 aromatic heterocycles. The van der Waals surface area contributed by atoms with Gasteiger partial charge in [0.1, 0.15) is 5.75 Å². The third kappa shape index (κ3) is 3.61. The highest BCUT2D eigenvalue weighted by Gasteiger charge is 2.35. The fourth-order valence-corrected chi connectivity index (χ4v) is 3.69. The van der Waals surface area contributed by atoms with Crippen molar-refractivity contribution < 1.29 is 22.7 Å². The van der Waals surface area contributed by atoms with Crippen LogP contribution in [-0.2, 0) is 11.0 Å². The first-order valence-electron chi connectivity index (χ1n) is 7.39. The van der Waals surface area contributed by atoms with E-state index >= 15 is 0 Å². The molecule has 0 N–H and O–H groups in total. The summed E-state index contributed by atoms with van der Waals surface area (Å²) in [6.45, 7) is 0. The van der Waals surface area contributed by atoms with E-state index in [1.807, 2.05) is 0 Å². The molecule has 1 heterocycles. The van der Waals surface area contributed by atoms with Crippen LogP contribution in [0.25, 0.3) is 6.08 Å². The number of rotatable bonds is 3. The van der Waals surface area contributed by atoms with Crippen LogP contribution < -0.4 is 9.64 Å². The lowest BCUT2D eigenvalue weighted by molar-refractivity contribution is -0.137. The van der Waals surface area contributed by atoms with Gasteiger partial charge < -0.3 is 4.74 Å². The topological polar surface area (TPSA) is 29.5 Å². The Labute approximate surface area is 157 Å². The molecule has 134 valence electrons. The minimum absolute atomic E-state index is 0.331. The van der Waals surface area contributed by atoms with E-state index in [9.17, 15) is 18.0 Å². The van der Waals surface area contributed by atoms with Gasteiger partial charge in [0, 0.05) is 0 Å². The van der Waals surface area contributed by atoms with Crippen LogP contribution >= 0.6 is 24.0 Å². The molecule has 2 aromatic rings. The quantitative estimate of drug-likeness (QED) is 0.533. The first-order valence-corrected chi connectivity index (χ1v) is 8.62. The fraction of sp³-hybridized carbons (Fsp3) is 0.111. The van der Waals surface area contributed by atoms with Crippen LogP contribution in [-0.4, -0.2) is 17.3 Å². The standard InChI is InChI=1S/C18H12F3NO2S2/c1-24-14-5-3-2-4-13(14)22-16(23)15(26-17(22)25)10-11-6-8-12(9-7-11)18(19,20)21/h2-10H,1H3/b15-10+. The summed E-state index contributed by atoms with van der Waals surface area (Å²) in [4.78, 5) is 14.4. The molecule has 3 nitrogen and oxygen atoms in total. The molecule has 0 unspecified atom stereocenters. The third-order valence-corrected chi connectivity index (χ3v) is 4.96. The monoisotopic (exact) mass is 395 g/mol. The zero-order valence-corrected chi connectivity index (χ0v) is 15.0. The number of anilines is 1. The molecule has 2 aromatic carbocycles. The van der Waals surface area contributed by atoms with Crippen molar-refractivity contribution in [2.45, 2.75) is 6.18 Å². The van der Waals surface area contributed by atoms with E-state index < -0.39 is 11.7 Å². The summed E-state index contributed by atoms with van der Waals surface area (Å²) >= 11 is 6.38. The van der Waals surface area contributed by atoms with Crippen molar-refractivity contribution in [1.82, 2.24) is 0 Å². The highest BCUT2D eigenvalue weighted by atomic mass is 32.2. The Morgan fingerprint density at radius 2 is 1.77 bits per heavy atom. The number of alkyl halides is 3. The lowest BCUT2D eigenvalue weighted by Gasteiger charge is -2.17. The van der Waals surface area contributed by atoms with Crippen LogP contribution in [0.5, 0.6) is 5.75 Å². The molecule has 0 atom stereocenters. The van der Waals surface area contributed by atoms with Gasteiger partial charge in [0.25, 0.3) is 5.91 Å². The molecule has 0 radical (unpaired) electrons. The first-order chi connectivity index (χ1) is 12.3. The van der Waals surface area contributed by atoms with Crippen LogP contribution in [0.3, 0.4) is 0 Å². The van der Waals surface area contributed by atoms with Crippen LogP contribution in [0.1, 0.15) is 11.1 Å². The molecule has 26 heavy (non-hydrogen) atoms. The van der Waals surface area contributed by atoms with Gasteiger partial charge in [0.2, 0.25) is 0 Å². The lowest BCUT2D eigenvalue weighted by atomic mass is 10.1. The Bertz CT molecular complexity index is 892. The van der Waals surface area contributed by atoms with E-state index in [1.54, 1.807) is 24.3 Å². The maximum Gasteiger partial charge on any atom is 0.416 e. The predicted molar refractivity (Wildman–Crippen MR) is 100 cm³/mol. The van der Waals surface area contributed by atoms with Gasteiger partial charge in [-0.05, 0) is 35.9 Å². The Hall–Kier alpha value is -2.32. The van der Waals surface area contributed by atoms with Gasteiger partial charge in [0.15, 0.2) is 4.32 Å². The van der Waals surface area contributed by atoms with Crippen molar-refractivity contribution in [3.63, 3.8) is 0 Å². The number of hydrogen-bond donors (Lipinski definition) is 0. The number of hydrogen-bond acceptors (Lipinski definition) is 4. The van der Waals surface area contributed by atoms with Crippen molar-refractivity contribution in [1.29, 1.82) is 0 Å². The number of methoxy groups -OCH3 is 1. The summed E-state index contributed by atoms with van der Waals surface area (Å²) in [5, 5.41) is 0. The molecule has 1 amide bonds. The molecule has 0 spiro atoms. The second-order valence-corrected chi connectivity index (χ2v) is 6.98. The van der Waals surface area contributed by atoms with Crippen LogP contribution in [0.2, 0.25) is 0 Å².